The van der Waals surface area contributed by atoms with Crippen LogP contribution in [-0.4, -0.2) is 26.8 Å². The molecule has 0 radical (unpaired) electrons. The van der Waals surface area contributed by atoms with E-state index in [9.17, 15) is 4.79 Å². The zero-order chi connectivity index (χ0) is 14.1. The number of rotatable bonds is 3. The normalized spacial score (nSPS) is 10.9. The van der Waals surface area contributed by atoms with Crippen LogP contribution in [0.25, 0.3) is 11.3 Å². The smallest absolute Gasteiger partial charge is 0.358 e. The van der Waals surface area contributed by atoms with E-state index in [4.69, 9.17) is 4.74 Å². The highest BCUT2D eigenvalue weighted by Gasteiger charge is 2.12. The first-order valence-corrected chi connectivity index (χ1v) is 6.98. The molecule has 102 valence electrons. The van der Waals surface area contributed by atoms with E-state index in [1.54, 1.807) is 23.9 Å². The molecule has 20 heavy (non-hydrogen) atoms. The number of fused-ring (bicyclic) bond motifs is 1. The maximum absolute atomic E-state index is 11.6. The molecule has 0 aliphatic carbocycles. The summed E-state index contributed by atoms with van der Waals surface area (Å²) in [5, 5.41) is 4.26. The van der Waals surface area contributed by atoms with E-state index in [-0.39, 0.29) is 0 Å². The summed E-state index contributed by atoms with van der Waals surface area (Å²) in [6.07, 6.45) is 3.69. The lowest BCUT2D eigenvalue weighted by atomic mass is 10.4. The van der Waals surface area contributed by atoms with Crippen molar-refractivity contribution in [1.82, 2.24) is 14.2 Å². The fourth-order valence-electron chi connectivity index (χ4n) is 2.04. The second-order valence-electron chi connectivity index (χ2n) is 4.17. The fraction of sp³-hybridized carbons (Fsp3) is 0.143. The minimum absolute atomic E-state index is 0.303. The number of ether oxygens (including phenoxy) is 1. The lowest BCUT2D eigenvalue weighted by Gasteiger charge is -2.03. The number of carbonyl (C=O) groups is 1. The Hall–Kier alpha value is -2.08. The highest BCUT2D eigenvalue weighted by molar-refractivity contribution is 9.10. The summed E-state index contributed by atoms with van der Waals surface area (Å²) in [6, 6.07) is 9.51. The molecular weight excluding hydrogens is 322 g/mol. The van der Waals surface area contributed by atoms with Crippen molar-refractivity contribution in [1.29, 1.82) is 0 Å². The minimum atomic E-state index is -0.409. The topological polar surface area (TPSA) is 48.5 Å². The first kappa shape index (κ1) is 12.9. The number of nitrogens with zero attached hydrogens (tertiary/aromatic N) is 3. The van der Waals surface area contributed by atoms with Gasteiger partial charge in [-0.05, 0) is 53.2 Å². The minimum Gasteiger partial charge on any atom is -0.461 e. The Labute approximate surface area is 123 Å². The van der Waals surface area contributed by atoms with Crippen molar-refractivity contribution in [3.63, 3.8) is 0 Å². The third kappa shape index (κ3) is 2.12. The average Bonchev–Trinajstić information content (AvgIpc) is 3.05. The Kier molecular flexibility index (Phi) is 3.31. The Morgan fingerprint density at radius 1 is 1.30 bits per heavy atom. The monoisotopic (exact) mass is 333 g/mol. The molecule has 3 heterocycles. The van der Waals surface area contributed by atoms with Gasteiger partial charge in [0.25, 0.3) is 0 Å². The number of carbonyl (C=O) groups excluding carboxylic acids is 1. The van der Waals surface area contributed by atoms with Crippen LogP contribution in [0.15, 0.2) is 47.2 Å². The van der Waals surface area contributed by atoms with Crippen LogP contribution in [0.3, 0.4) is 0 Å². The van der Waals surface area contributed by atoms with Gasteiger partial charge in [0.2, 0.25) is 0 Å². The number of halogens is 1. The molecule has 0 fully saturated rings. The Morgan fingerprint density at radius 2 is 2.15 bits per heavy atom. The van der Waals surface area contributed by atoms with Gasteiger partial charge >= 0.3 is 5.97 Å². The highest BCUT2D eigenvalue weighted by Crippen LogP contribution is 2.22. The first-order valence-electron chi connectivity index (χ1n) is 6.19. The van der Waals surface area contributed by atoms with Crippen LogP contribution in [0, 0.1) is 0 Å². The van der Waals surface area contributed by atoms with E-state index in [2.05, 4.69) is 21.0 Å². The van der Waals surface area contributed by atoms with Crippen molar-refractivity contribution >= 4 is 27.4 Å². The lowest BCUT2D eigenvalue weighted by molar-refractivity contribution is 0.0519. The van der Waals surface area contributed by atoms with Gasteiger partial charge in [-0.25, -0.2) is 9.48 Å². The molecule has 0 N–H and O–H groups in total. The van der Waals surface area contributed by atoms with Crippen LogP contribution in [0.2, 0.25) is 0 Å². The van der Waals surface area contributed by atoms with Gasteiger partial charge in [0, 0.05) is 16.9 Å². The zero-order valence-corrected chi connectivity index (χ0v) is 12.4. The maximum Gasteiger partial charge on any atom is 0.358 e. The molecular formula is C14H12BrN3O2. The molecule has 0 aromatic carbocycles. The number of hydrogen-bond donors (Lipinski definition) is 0. The summed E-state index contributed by atoms with van der Waals surface area (Å²) >= 11 is 3.51. The van der Waals surface area contributed by atoms with E-state index >= 15 is 0 Å². The zero-order valence-electron chi connectivity index (χ0n) is 10.8. The quantitative estimate of drug-likeness (QED) is 0.692. The van der Waals surface area contributed by atoms with E-state index in [1.165, 1.54) is 0 Å². The lowest BCUT2D eigenvalue weighted by Crippen LogP contribution is -2.07. The summed E-state index contributed by atoms with van der Waals surface area (Å²) in [6.45, 7) is 2.11. The SMILES string of the molecule is CCOC(=O)c1ccn(-c2ccc3c(Br)cccn23)n1. The third-order valence-electron chi connectivity index (χ3n) is 2.93. The van der Waals surface area contributed by atoms with Gasteiger partial charge in [-0.1, -0.05) is 0 Å². The maximum atomic E-state index is 11.6. The molecule has 0 unspecified atom stereocenters. The molecule has 3 rings (SSSR count). The van der Waals surface area contributed by atoms with Crippen LogP contribution in [0.5, 0.6) is 0 Å². The second-order valence-corrected chi connectivity index (χ2v) is 5.02. The molecule has 3 aromatic rings. The number of aromatic nitrogens is 3. The molecule has 0 amide bonds. The van der Waals surface area contributed by atoms with Crippen LogP contribution >= 0.6 is 15.9 Å². The predicted molar refractivity (Wildman–Crippen MR) is 78.2 cm³/mol. The molecule has 0 saturated heterocycles. The molecule has 0 saturated carbocycles. The number of hydrogen-bond acceptors (Lipinski definition) is 3. The summed E-state index contributed by atoms with van der Waals surface area (Å²) in [5.41, 5.74) is 1.34. The molecule has 5 nitrogen and oxygen atoms in total. The van der Waals surface area contributed by atoms with Gasteiger partial charge < -0.3 is 9.14 Å². The van der Waals surface area contributed by atoms with Gasteiger partial charge in [0.15, 0.2) is 5.69 Å². The van der Waals surface area contributed by atoms with Crippen molar-refractivity contribution in [2.45, 2.75) is 6.92 Å². The molecule has 3 aromatic heterocycles. The van der Waals surface area contributed by atoms with Crippen LogP contribution < -0.4 is 0 Å². The van der Waals surface area contributed by atoms with Crippen molar-refractivity contribution in [3.05, 3.63) is 52.9 Å². The van der Waals surface area contributed by atoms with Gasteiger partial charge in [0.05, 0.1) is 12.1 Å². The molecule has 0 bridgehead atoms. The second kappa shape index (κ2) is 5.13. The summed E-state index contributed by atoms with van der Waals surface area (Å²) in [5.74, 6) is 0.449. The van der Waals surface area contributed by atoms with Crippen LogP contribution in [0.4, 0.5) is 0 Å². The number of esters is 1. The standard InChI is InChI=1S/C14H12BrN3O2/c1-2-20-14(19)11-7-9-18(16-11)13-6-5-12-10(15)4-3-8-17(12)13/h3-9H,2H2,1H3. The highest BCUT2D eigenvalue weighted by atomic mass is 79.9. The largest absolute Gasteiger partial charge is 0.461 e. The van der Waals surface area contributed by atoms with E-state index in [0.29, 0.717) is 12.3 Å². The molecule has 0 aliphatic heterocycles. The van der Waals surface area contributed by atoms with E-state index in [1.807, 2.05) is 34.9 Å². The Bertz CT molecular complexity index is 776. The molecule has 6 heteroatoms. The molecule has 0 spiro atoms. The molecule has 0 atom stereocenters. The van der Waals surface area contributed by atoms with Crippen LogP contribution in [-0.2, 0) is 4.74 Å². The van der Waals surface area contributed by atoms with Gasteiger partial charge in [0.1, 0.15) is 5.82 Å². The fourth-order valence-corrected chi connectivity index (χ4v) is 2.52. The average molecular weight is 334 g/mol. The van der Waals surface area contributed by atoms with E-state index in [0.717, 1.165) is 15.8 Å². The van der Waals surface area contributed by atoms with Gasteiger partial charge in [-0.3, -0.25) is 0 Å². The summed E-state index contributed by atoms with van der Waals surface area (Å²) in [4.78, 5) is 11.6. The first-order chi connectivity index (χ1) is 9.70. The Balaban J connectivity index is 2.04. The van der Waals surface area contributed by atoms with Crippen molar-refractivity contribution in [2.24, 2.45) is 0 Å². The summed E-state index contributed by atoms with van der Waals surface area (Å²) in [7, 11) is 0. The van der Waals surface area contributed by atoms with Crippen molar-refractivity contribution in [2.75, 3.05) is 6.61 Å². The molecule has 0 aliphatic rings. The van der Waals surface area contributed by atoms with Gasteiger partial charge in [-0.2, -0.15) is 5.10 Å². The van der Waals surface area contributed by atoms with E-state index < -0.39 is 5.97 Å². The number of pyridine rings is 1. The Morgan fingerprint density at radius 3 is 2.95 bits per heavy atom. The van der Waals surface area contributed by atoms with Crippen molar-refractivity contribution < 1.29 is 9.53 Å². The predicted octanol–water partition coefficient (Wildman–Crippen LogP) is 3.06. The summed E-state index contributed by atoms with van der Waals surface area (Å²) < 4.78 is 9.59. The third-order valence-corrected chi connectivity index (χ3v) is 3.60. The van der Waals surface area contributed by atoms with Gasteiger partial charge in [-0.15, -0.1) is 0 Å². The van der Waals surface area contributed by atoms with Crippen LogP contribution in [0.1, 0.15) is 17.4 Å². The van der Waals surface area contributed by atoms with Crippen molar-refractivity contribution in [3.8, 4) is 5.82 Å².